The number of aliphatic hydroxyl groups is 3. The number of benzene rings is 1. The molecule has 1 aromatic heterocycles. The molecule has 0 saturated heterocycles. The van der Waals surface area contributed by atoms with Crippen LogP contribution >= 0.6 is 0 Å². The van der Waals surface area contributed by atoms with Crippen molar-refractivity contribution in [1.82, 2.24) is 15.3 Å². The maximum Gasteiger partial charge on any atom is 0.154 e. The highest BCUT2D eigenvalue weighted by atomic mass is 19.1. The van der Waals surface area contributed by atoms with E-state index in [2.05, 4.69) is 30.5 Å². The molecule has 40 heavy (non-hydrogen) atoms. The summed E-state index contributed by atoms with van der Waals surface area (Å²) in [4.78, 5) is 9.92. The Morgan fingerprint density at radius 1 is 1.05 bits per heavy atom. The highest BCUT2D eigenvalue weighted by molar-refractivity contribution is 5.62. The summed E-state index contributed by atoms with van der Waals surface area (Å²) in [7, 11) is 0. The van der Waals surface area contributed by atoms with Gasteiger partial charge < -0.3 is 15.3 Å². The summed E-state index contributed by atoms with van der Waals surface area (Å²) >= 11 is 0. The van der Waals surface area contributed by atoms with Gasteiger partial charge in [0.2, 0.25) is 0 Å². The van der Waals surface area contributed by atoms with Crippen LogP contribution in [-0.2, 0) is 6.42 Å². The molecule has 7 heteroatoms. The van der Waals surface area contributed by atoms with Crippen molar-refractivity contribution < 1.29 is 19.7 Å². The SMILES string of the molecule is CC1=CCC2=C(C=C1)C(NC(O)C1C=c3nc(CCCC(C)C(O)O)c(-c4ccc(F)cc4)nc3=CC1)CCC2. The van der Waals surface area contributed by atoms with E-state index in [4.69, 9.17) is 9.97 Å². The van der Waals surface area contributed by atoms with E-state index < -0.39 is 12.5 Å². The molecule has 1 heterocycles. The molecule has 6 nitrogen and oxygen atoms in total. The maximum absolute atomic E-state index is 13.6. The van der Waals surface area contributed by atoms with Gasteiger partial charge in [-0.05, 0) is 94.2 Å². The van der Waals surface area contributed by atoms with E-state index in [1.54, 1.807) is 19.1 Å². The number of aromatic nitrogens is 2. The lowest BCUT2D eigenvalue weighted by Crippen LogP contribution is -2.46. The number of nitrogens with zero attached hydrogens (tertiary/aromatic N) is 2. The van der Waals surface area contributed by atoms with Crippen LogP contribution in [0.3, 0.4) is 0 Å². The van der Waals surface area contributed by atoms with E-state index in [0.717, 1.165) is 47.6 Å². The van der Waals surface area contributed by atoms with E-state index >= 15 is 0 Å². The number of nitrogens with one attached hydrogen (secondary N) is 1. The molecule has 4 N–H and O–H groups in total. The molecular weight excluding hydrogens is 505 g/mol. The Bertz CT molecular complexity index is 1430. The average Bonchev–Trinajstić information content (AvgIpc) is 3.14. The number of aliphatic hydroxyl groups excluding tert-OH is 2. The third-order valence-electron chi connectivity index (χ3n) is 8.41. The van der Waals surface area contributed by atoms with E-state index in [1.165, 1.54) is 28.9 Å². The Balaban J connectivity index is 1.39. The van der Waals surface area contributed by atoms with E-state index in [-0.39, 0.29) is 23.7 Å². The molecular formula is C33H40FN3O3. The Hall–Kier alpha value is -2.97. The van der Waals surface area contributed by atoms with Gasteiger partial charge >= 0.3 is 0 Å². The molecule has 4 atom stereocenters. The number of aryl methyl sites for hydroxylation is 1. The zero-order valence-electron chi connectivity index (χ0n) is 23.4. The molecule has 0 aliphatic heterocycles. The Kier molecular flexibility index (Phi) is 9.06. The lowest BCUT2D eigenvalue weighted by Gasteiger charge is -2.32. The van der Waals surface area contributed by atoms with Gasteiger partial charge in [0.1, 0.15) is 12.0 Å². The summed E-state index contributed by atoms with van der Waals surface area (Å²) in [5, 5.41) is 35.3. The second kappa shape index (κ2) is 12.7. The molecule has 0 saturated carbocycles. The van der Waals surface area contributed by atoms with Gasteiger partial charge in [-0.2, -0.15) is 0 Å². The van der Waals surface area contributed by atoms with Crippen LogP contribution in [0.4, 0.5) is 4.39 Å². The second-order valence-corrected chi connectivity index (χ2v) is 11.5. The fourth-order valence-corrected chi connectivity index (χ4v) is 5.86. The number of rotatable bonds is 9. The minimum absolute atomic E-state index is 0.121. The monoisotopic (exact) mass is 545 g/mol. The summed E-state index contributed by atoms with van der Waals surface area (Å²) in [5.74, 6) is -0.696. The van der Waals surface area contributed by atoms with Gasteiger partial charge in [0, 0.05) is 23.4 Å². The number of allylic oxidation sites excluding steroid dienone is 4. The zero-order valence-corrected chi connectivity index (χ0v) is 23.4. The molecule has 0 fully saturated rings. The Morgan fingerprint density at radius 2 is 1.85 bits per heavy atom. The maximum atomic E-state index is 13.6. The highest BCUT2D eigenvalue weighted by Crippen LogP contribution is 2.32. The Morgan fingerprint density at radius 3 is 2.62 bits per heavy atom. The molecule has 0 amide bonds. The number of hydrogen-bond donors (Lipinski definition) is 4. The molecule has 0 bridgehead atoms. The van der Waals surface area contributed by atoms with Crippen LogP contribution in [0.15, 0.2) is 59.2 Å². The van der Waals surface area contributed by atoms with Gasteiger partial charge in [-0.1, -0.05) is 42.4 Å². The summed E-state index contributed by atoms with van der Waals surface area (Å²) < 4.78 is 13.6. The van der Waals surface area contributed by atoms with Crippen molar-refractivity contribution in [3.8, 4) is 11.3 Å². The van der Waals surface area contributed by atoms with Crippen LogP contribution in [0.5, 0.6) is 0 Å². The van der Waals surface area contributed by atoms with Gasteiger partial charge in [-0.15, -0.1) is 0 Å². The second-order valence-electron chi connectivity index (χ2n) is 11.5. The van der Waals surface area contributed by atoms with Crippen molar-refractivity contribution in [3.05, 3.63) is 81.4 Å². The summed E-state index contributed by atoms with van der Waals surface area (Å²) in [6.45, 7) is 3.93. The molecule has 3 aliphatic carbocycles. The summed E-state index contributed by atoms with van der Waals surface area (Å²) in [6, 6.07) is 6.39. The third-order valence-corrected chi connectivity index (χ3v) is 8.41. The van der Waals surface area contributed by atoms with Crippen molar-refractivity contribution in [2.75, 3.05) is 0 Å². The first-order chi connectivity index (χ1) is 19.3. The molecule has 0 radical (unpaired) electrons. The first-order valence-electron chi connectivity index (χ1n) is 14.5. The standard InChI is InChI=1S/C33H40FN3O3/c1-20-9-11-22-6-4-7-27(26(22)17-10-20)37-32(38)24-14-18-28-30(19-24)35-29(8-3-5-21(2)33(39)40)31(36-28)23-12-15-25(34)16-13-23/h9-10,12-13,15-19,21,24,27,32-33,37-40H,3-8,11,14H2,1-2H3. The molecule has 0 spiro atoms. The fourth-order valence-electron chi connectivity index (χ4n) is 5.86. The van der Waals surface area contributed by atoms with Crippen molar-refractivity contribution in [2.24, 2.45) is 11.8 Å². The first-order valence-corrected chi connectivity index (χ1v) is 14.5. The van der Waals surface area contributed by atoms with Crippen LogP contribution in [0.1, 0.15) is 64.5 Å². The first kappa shape index (κ1) is 28.6. The average molecular weight is 546 g/mol. The van der Waals surface area contributed by atoms with Gasteiger partial charge in [0.15, 0.2) is 6.29 Å². The van der Waals surface area contributed by atoms with E-state index in [1.807, 2.05) is 12.2 Å². The molecule has 212 valence electrons. The molecule has 5 rings (SSSR count). The normalized spacial score (nSPS) is 22.0. The van der Waals surface area contributed by atoms with Gasteiger partial charge in [-0.3, -0.25) is 5.32 Å². The van der Waals surface area contributed by atoms with Gasteiger partial charge in [0.25, 0.3) is 0 Å². The molecule has 2 aromatic rings. The lowest BCUT2D eigenvalue weighted by atomic mass is 9.85. The highest BCUT2D eigenvalue weighted by Gasteiger charge is 2.27. The van der Waals surface area contributed by atoms with Crippen LogP contribution in [0, 0.1) is 17.7 Å². The van der Waals surface area contributed by atoms with Crippen LogP contribution in [0.2, 0.25) is 0 Å². The quantitative estimate of drug-likeness (QED) is 0.358. The van der Waals surface area contributed by atoms with Crippen molar-refractivity contribution in [1.29, 1.82) is 0 Å². The Labute approximate surface area is 235 Å². The predicted octanol–water partition coefficient (Wildman–Crippen LogP) is 3.80. The van der Waals surface area contributed by atoms with Crippen molar-refractivity contribution >= 4 is 12.2 Å². The van der Waals surface area contributed by atoms with Crippen molar-refractivity contribution in [3.63, 3.8) is 0 Å². The number of halogens is 1. The van der Waals surface area contributed by atoms with Gasteiger partial charge in [0.05, 0.1) is 22.1 Å². The minimum Gasteiger partial charge on any atom is -0.378 e. The smallest absolute Gasteiger partial charge is 0.154 e. The van der Waals surface area contributed by atoms with E-state index in [9.17, 15) is 19.7 Å². The fraction of sp³-hybridized carbons (Fsp3) is 0.455. The largest absolute Gasteiger partial charge is 0.378 e. The predicted molar refractivity (Wildman–Crippen MR) is 155 cm³/mol. The topological polar surface area (TPSA) is 98.5 Å². The van der Waals surface area contributed by atoms with Crippen molar-refractivity contribution in [2.45, 2.75) is 83.8 Å². The summed E-state index contributed by atoms with van der Waals surface area (Å²) in [5.41, 5.74) is 6.33. The zero-order chi connectivity index (χ0) is 28.2. The summed E-state index contributed by atoms with van der Waals surface area (Å²) in [6.07, 6.45) is 15.4. The van der Waals surface area contributed by atoms with Gasteiger partial charge in [-0.25, -0.2) is 14.4 Å². The van der Waals surface area contributed by atoms with E-state index in [0.29, 0.717) is 31.4 Å². The van der Waals surface area contributed by atoms with Crippen LogP contribution in [0.25, 0.3) is 23.4 Å². The minimum atomic E-state index is -1.35. The van der Waals surface area contributed by atoms with Crippen LogP contribution < -0.4 is 16.0 Å². The molecule has 4 unspecified atom stereocenters. The third kappa shape index (κ3) is 6.66. The van der Waals surface area contributed by atoms with Crippen LogP contribution in [-0.4, -0.2) is 43.8 Å². The number of hydrogen-bond acceptors (Lipinski definition) is 6. The molecule has 3 aliphatic rings. The number of fused-ring (bicyclic) bond motifs is 1. The lowest BCUT2D eigenvalue weighted by molar-refractivity contribution is -0.0806. The molecule has 1 aromatic carbocycles.